The molecule has 0 saturated carbocycles. The molecule has 8 heteroatoms. The van der Waals surface area contributed by atoms with Crippen molar-refractivity contribution in [2.45, 2.75) is 17.1 Å². The summed E-state index contributed by atoms with van der Waals surface area (Å²) in [6, 6.07) is 2.38. The Kier molecular flexibility index (Phi) is 5.20. The minimum atomic E-state index is -4.34. The summed E-state index contributed by atoms with van der Waals surface area (Å²) in [4.78, 5) is 21.7. The van der Waals surface area contributed by atoms with Gasteiger partial charge in [0.15, 0.2) is 9.84 Å². The maximum atomic E-state index is 13.7. The summed E-state index contributed by atoms with van der Waals surface area (Å²) >= 11 is 0. The highest BCUT2D eigenvalue weighted by Crippen LogP contribution is 2.21. The zero-order valence-electron chi connectivity index (χ0n) is 11.2. The second-order valence-corrected chi connectivity index (χ2v) is 6.41. The second-order valence-electron chi connectivity index (χ2n) is 4.17. The van der Waals surface area contributed by atoms with Crippen LogP contribution in [-0.4, -0.2) is 37.2 Å². The molecule has 6 nitrogen and oxygen atoms in total. The van der Waals surface area contributed by atoms with Crippen LogP contribution in [0.2, 0.25) is 0 Å². The van der Waals surface area contributed by atoms with Crippen LogP contribution in [-0.2, 0) is 14.6 Å². The number of halogens is 1. The minimum Gasteiger partial charge on any atom is -0.478 e. The van der Waals surface area contributed by atoms with Crippen LogP contribution in [0.4, 0.5) is 4.39 Å². The van der Waals surface area contributed by atoms with Gasteiger partial charge in [-0.3, -0.25) is 4.79 Å². The first-order valence-electron chi connectivity index (χ1n) is 5.87. The Labute approximate surface area is 121 Å². The molecule has 114 valence electrons. The Morgan fingerprint density at radius 3 is 2.62 bits per heavy atom. The van der Waals surface area contributed by atoms with E-state index >= 15 is 0 Å². The Balaban J connectivity index is 3.24. The standard InChI is InChI=1S/C13H14FNO5S/c1-3-6-15-12(16)8(2)21(19,20)11-7-9(13(17)18)4-5-10(11)14/h3-5,7-8H,1,6H2,2H3,(H,15,16)(H,17,18). The van der Waals surface area contributed by atoms with Gasteiger partial charge in [-0.15, -0.1) is 6.58 Å². The summed E-state index contributed by atoms with van der Waals surface area (Å²) in [5.41, 5.74) is -0.381. The number of rotatable bonds is 6. The smallest absolute Gasteiger partial charge is 0.335 e. The number of nitrogens with one attached hydrogen (secondary N) is 1. The molecule has 21 heavy (non-hydrogen) atoms. The SMILES string of the molecule is C=CCNC(=O)C(C)S(=O)(=O)c1cc(C(=O)O)ccc1F. The molecule has 0 bridgehead atoms. The van der Waals surface area contributed by atoms with Gasteiger partial charge in [-0.2, -0.15) is 0 Å². The monoisotopic (exact) mass is 315 g/mol. The zero-order chi connectivity index (χ0) is 16.2. The van der Waals surface area contributed by atoms with Crippen molar-refractivity contribution in [2.75, 3.05) is 6.54 Å². The molecule has 0 aliphatic rings. The number of carboxylic acid groups (broad SMARTS) is 1. The summed E-state index contributed by atoms with van der Waals surface area (Å²) in [5, 5.41) is 9.55. The van der Waals surface area contributed by atoms with E-state index in [4.69, 9.17) is 5.11 Å². The van der Waals surface area contributed by atoms with Gasteiger partial charge in [-0.1, -0.05) is 6.08 Å². The topological polar surface area (TPSA) is 101 Å². The summed E-state index contributed by atoms with van der Waals surface area (Å²) < 4.78 is 38.1. The predicted octanol–water partition coefficient (Wildman–Crippen LogP) is 0.988. The average molecular weight is 315 g/mol. The average Bonchev–Trinajstić information content (AvgIpc) is 2.43. The number of hydrogen-bond donors (Lipinski definition) is 2. The molecule has 0 heterocycles. The van der Waals surface area contributed by atoms with Crippen molar-refractivity contribution in [1.29, 1.82) is 0 Å². The number of amides is 1. The van der Waals surface area contributed by atoms with Crippen LogP contribution in [0, 0.1) is 5.82 Å². The maximum Gasteiger partial charge on any atom is 0.335 e. The largest absolute Gasteiger partial charge is 0.478 e. The van der Waals surface area contributed by atoms with Gasteiger partial charge >= 0.3 is 5.97 Å². The van der Waals surface area contributed by atoms with Gasteiger partial charge in [0.25, 0.3) is 0 Å². The fourth-order valence-electron chi connectivity index (χ4n) is 1.50. The molecule has 0 fully saturated rings. The molecule has 1 rings (SSSR count). The Morgan fingerprint density at radius 1 is 1.48 bits per heavy atom. The first-order chi connectivity index (χ1) is 9.71. The van der Waals surface area contributed by atoms with Crippen LogP contribution in [0.5, 0.6) is 0 Å². The normalized spacial score (nSPS) is 12.5. The molecule has 0 aromatic heterocycles. The van der Waals surface area contributed by atoms with Crippen molar-refractivity contribution in [3.05, 3.63) is 42.2 Å². The van der Waals surface area contributed by atoms with E-state index < -0.39 is 37.7 Å². The van der Waals surface area contributed by atoms with E-state index in [-0.39, 0.29) is 12.1 Å². The molecule has 1 atom stereocenters. The molecule has 1 aromatic rings. The lowest BCUT2D eigenvalue weighted by molar-refractivity contribution is -0.120. The molecule has 1 unspecified atom stereocenters. The molecule has 0 aliphatic carbocycles. The van der Waals surface area contributed by atoms with Gasteiger partial charge in [0.2, 0.25) is 5.91 Å². The lowest BCUT2D eigenvalue weighted by Gasteiger charge is -2.13. The number of carbonyl (C=O) groups is 2. The number of hydrogen-bond acceptors (Lipinski definition) is 4. The van der Waals surface area contributed by atoms with Crippen LogP contribution in [0.1, 0.15) is 17.3 Å². The minimum absolute atomic E-state index is 0.0658. The molecule has 2 N–H and O–H groups in total. The van der Waals surface area contributed by atoms with Crippen molar-refractivity contribution in [3.8, 4) is 0 Å². The van der Waals surface area contributed by atoms with Crippen molar-refractivity contribution in [2.24, 2.45) is 0 Å². The van der Waals surface area contributed by atoms with Crippen LogP contribution >= 0.6 is 0 Å². The summed E-state index contributed by atoms with van der Waals surface area (Å²) in [6.07, 6.45) is 1.36. The highest BCUT2D eigenvalue weighted by Gasteiger charge is 2.32. The van der Waals surface area contributed by atoms with E-state index in [9.17, 15) is 22.4 Å². The van der Waals surface area contributed by atoms with E-state index in [2.05, 4.69) is 11.9 Å². The quantitative estimate of drug-likeness (QED) is 0.762. The van der Waals surface area contributed by atoms with Crippen LogP contribution < -0.4 is 5.32 Å². The zero-order valence-corrected chi connectivity index (χ0v) is 12.0. The van der Waals surface area contributed by atoms with Crippen LogP contribution in [0.15, 0.2) is 35.7 Å². The molecule has 0 saturated heterocycles. The van der Waals surface area contributed by atoms with Crippen molar-refractivity contribution < 1.29 is 27.5 Å². The summed E-state index contributed by atoms with van der Waals surface area (Å²) in [7, 11) is -4.34. The van der Waals surface area contributed by atoms with Gasteiger partial charge in [0.1, 0.15) is 16.0 Å². The van der Waals surface area contributed by atoms with E-state index in [1.165, 1.54) is 6.08 Å². The van der Waals surface area contributed by atoms with Gasteiger partial charge in [0, 0.05) is 6.54 Å². The molecule has 0 aliphatic heterocycles. The van der Waals surface area contributed by atoms with E-state index in [1.54, 1.807) is 0 Å². The first-order valence-corrected chi connectivity index (χ1v) is 7.41. The highest BCUT2D eigenvalue weighted by molar-refractivity contribution is 7.92. The Hall–Kier alpha value is -2.22. The third-order valence-electron chi connectivity index (χ3n) is 2.74. The fourth-order valence-corrected chi connectivity index (χ4v) is 2.88. The lowest BCUT2D eigenvalue weighted by Crippen LogP contribution is -2.38. The molecule has 1 aromatic carbocycles. The number of carbonyl (C=O) groups excluding carboxylic acids is 1. The third kappa shape index (κ3) is 3.66. The third-order valence-corrected chi connectivity index (χ3v) is 4.81. The number of carboxylic acids is 1. The van der Waals surface area contributed by atoms with E-state index in [1.807, 2.05) is 0 Å². The molecule has 0 spiro atoms. The van der Waals surface area contributed by atoms with Crippen LogP contribution in [0.3, 0.4) is 0 Å². The van der Waals surface area contributed by atoms with Crippen LogP contribution in [0.25, 0.3) is 0 Å². The maximum absolute atomic E-state index is 13.7. The van der Waals surface area contributed by atoms with Crippen molar-refractivity contribution in [3.63, 3.8) is 0 Å². The van der Waals surface area contributed by atoms with Gasteiger partial charge in [-0.25, -0.2) is 17.6 Å². The second kappa shape index (κ2) is 6.49. The summed E-state index contributed by atoms with van der Waals surface area (Å²) in [5.74, 6) is -3.33. The van der Waals surface area contributed by atoms with Crippen molar-refractivity contribution >= 4 is 21.7 Å². The van der Waals surface area contributed by atoms with Gasteiger partial charge < -0.3 is 10.4 Å². The summed E-state index contributed by atoms with van der Waals surface area (Å²) in [6.45, 7) is 4.53. The first kappa shape index (κ1) is 16.8. The van der Waals surface area contributed by atoms with Gasteiger partial charge in [-0.05, 0) is 25.1 Å². The molecule has 1 amide bonds. The Morgan fingerprint density at radius 2 is 2.10 bits per heavy atom. The van der Waals surface area contributed by atoms with E-state index in [0.717, 1.165) is 19.1 Å². The lowest BCUT2D eigenvalue weighted by atomic mass is 10.2. The number of benzene rings is 1. The van der Waals surface area contributed by atoms with Crippen molar-refractivity contribution in [1.82, 2.24) is 5.32 Å². The number of sulfone groups is 1. The fraction of sp³-hybridized carbons (Fsp3) is 0.231. The number of aromatic carboxylic acids is 1. The molecule has 0 radical (unpaired) electrons. The highest BCUT2D eigenvalue weighted by atomic mass is 32.2. The van der Waals surface area contributed by atoms with E-state index in [0.29, 0.717) is 6.07 Å². The molecular weight excluding hydrogens is 301 g/mol. The van der Waals surface area contributed by atoms with Gasteiger partial charge in [0.05, 0.1) is 5.56 Å². The predicted molar refractivity (Wildman–Crippen MR) is 73.2 cm³/mol. The molecular formula is C13H14FNO5S. The Bertz CT molecular complexity index is 684.